The first-order valence-electron chi connectivity index (χ1n) is 6.73. The molecule has 0 bridgehead atoms. The smallest absolute Gasteiger partial charge is 0.227 e. The summed E-state index contributed by atoms with van der Waals surface area (Å²) in [7, 11) is 0. The second-order valence-electron chi connectivity index (χ2n) is 5.25. The van der Waals surface area contributed by atoms with Gasteiger partial charge in [0.25, 0.3) is 0 Å². The number of nitrogens with two attached hydrogens (primary N) is 1. The van der Waals surface area contributed by atoms with Gasteiger partial charge in [0, 0.05) is 19.1 Å². The molecule has 1 saturated heterocycles. The number of amides is 1. The fourth-order valence-electron chi connectivity index (χ4n) is 2.65. The Morgan fingerprint density at radius 3 is 2.65 bits per heavy atom. The number of benzene rings is 2. The molecule has 1 aliphatic rings. The van der Waals surface area contributed by atoms with Crippen LogP contribution in [0.2, 0.25) is 0 Å². The van der Waals surface area contributed by atoms with E-state index in [-0.39, 0.29) is 24.4 Å². The van der Waals surface area contributed by atoms with Crippen molar-refractivity contribution in [2.45, 2.75) is 18.9 Å². The number of hydrogen-bond acceptors (Lipinski definition) is 2. The normalized spacial score (nSPS) is 18.1. The topological polar surface area (TPSA) is 46.3 Å². The van der Waals surface area contributed by atoms with Crippen molar-refractivity contribution in [2.75, 3.05) is 13.1 Å². The van der Waals surface area contributed by atoms with E-state index in [1.165, 1.54) is 10.8 Å². The van der Waals surface area contributed by atoms with Crippen LogP contribution in [-0.2, 0) is 11.2 Å². The SMILES string of the molecule is Cl.N[C@H]1CCN(C(=O)Cc2ccc3ccccc3c2)C1. The van der Waals surface area contributed by atoms with E-state index in [4.69, 9.17) is 5.73 Å². The molecule has 4 heteroatoms. The van der Waals surface area contributed by atoms with Gasteiger partial charge in [-0.1, -0.05) is 42.5 Å². The minimum atomic E-state index is 0. The van der Waals surface area contributed by atoms with Crippen molar-refractivity contribution >= 4 is 29.1 Å². The summed E-state index contributed by atoms with van der Waals surface area (Å²) in [5, 5.41) is 2.40. The molecule has 1 fully saturated rings. The zero-order valence-corrected chi connectivity index (χ0v) is 12.1. The monoisotopic (exact) mass is 290 g/mol. The highest BCUT2D eigenvalue weighted by atomic mass is 35.5. The van der Waals surface area contributed by atoms with E-state index in [0.29, 0.717) is 13.0 Å². The van der Waals surface area contributed by atoms with Gasteiger partial charge in [-0.05, 0) is 22.8 Å². The van der Waals surface area contributed by atoms with Gasteiger partial charge in [0.15, 0.2) is 0 Å². The number of likely N-dealkylation sites (tertiary alicyclic amines) is 1. The molecule has 0 radical (unpaired) electrons. The Balaban J connectivity index is 0.00000147. The van der Waals surface area contributed by atoms with Crippen LogP contribution in [0.3, 0.4) is 0 Å². The summed E-state index contributed by atoms with van der Waals surface area (Å²) in [6, 6.07) is 14.6. The number of rotatable bonds is 2. The largest absolute Gasteiger partial charge is 0.341 e. The van der Waals surface area contributed by atoms with Gasteiger partial charge in [-0.25, -0.2) is 0 Å². The van der Waals surface area contributed by atoms with Crippen LogP contribution in [0.5, 0.6) is 0 Å². The fraction of sp³-hybridized carbons (Fsp3) is 0.312. The summed E-state index contributed by atoms with van der Waals surface area (Å²) >= 11 is 0. The van der Waals surface area contributed by atoms with E-state index >= 15 is 0 Å². The maximum absolute atomic E-state index is 12.2. The Hall–Kier alpha value is -1.58. The van der Waals surface area contributed by atoms with Crippen LogP contribution in [0.15, 0.2) is 42.5 Å². The van der Waals surface area contributed by atoms with Gasteiger partial charge in [0.05, 0.1) is 6.42 Å². The van der Waals surface area contributed by atoms with Crippen molar-refractivity contribution in [1.29, 1.82) is 0 Å². The third kappa shape index (κ3) is 3.11. The van der Waals surface area contributed by atoms with Gasteiger partial charge in [-0.3, -0.25) is 4.79 Å². The van der Waals surface area contributed by atoms with Gasteiger partial charge in [0.1, 0.15) is 0 Å². The molecule has 20 heavy (non-hydrogen) atoms. The van der Waals surface area contributed by atoms with E-state index in [9.17, 15) is 4.79 Å². The number of nitrogens with zero attached hydrogens (tertiary/aromatic N) is 1. The van der Waals surface area contributed by atoms with E-state index in [1.54, 1.807) is 0 Å². The lowest BCUT2D eigenvalue weighted by Gasteiger charge is -2.15. The van der Waals surface area contributed by atoms with Gasteiger partial charge < -0.3 is 10.6 Å². The molecule has 1 atom stereocenters. The maximum Gasteiger partial charge on any atom is 0.227 e. The minimum Gasteiger partial charge on any atom is -0.341 e. The van der Waals surface area contributed by atoms with Crippen molar-refractivity contribution in [3.05, 3.63) is 48.0 Å². The summed E-state index contributed by atoms with van der Waals surface area (Å²) in [4.78, 5) is 14.0. The molecule has 2 N–H and O–H groups in total. The second kappa shape index (κ2) is 6.25. The third-order valence-electron chi connectivity index (χ3n) is 3.75. The van der Waals surface area contributed by atoms with Gasteiger partial charge >= 0.3 is 0 Å². The first-order chi connectivity index (χ1) is 9.22. The summed E-state index contributed by atoms with van der Waals surface area (Å²) in [5.41, 5.74) is 6.91. The average Bonchev–Trinajstić information content (AvgIpc) is 2.85. The highest BCUT2D eigenvalue weighted by molar-refractivity contribution is 5.86. The second-order valence-corrected chi connectivity index (χ2v) is 5.25. The molecule has 0 unspecified atom stereocenters. The first kappa shape index (κ1) is 14.8. The van der Waals surface area contributed by atoms with Crippen molar-refractivity contribution in [3.63, 3.8) is 0 Å². The fourth-order valence-corrected chi connectivity index (χ4v) is 2.65. The summed E-state index contributed by atoms with van der Waals surface area (Å²) in [5.74, 6) is 0.184. The Labute approximate surface area is 125 Å². The minimum absolute atomic E-state index is 0. The summed E-state index contributed by atoms with van der Waals surface area (Å²) < 4.78 is 0. The Bertz CT molecular complexity index is 614. The Morgan fingerprint density at radius 1 is 1.20 bits per heavy atom. The average molecular weight is 291 g/mol. The quantitative estimate of drug-likeness (QED) is 0.923. The molecule has 3 rings (SSSR count). The maximum atomic E-state index is 12.2. The highest BCUT2D eigenvalue weighted by Crippen LogP contribution is 2.17. The van der Waals surface area contributed by atoms with Crippen LogP contribution < -0.4 is 5.73 Å². The molecule has 0 aromatic heterocycles. The van der Waals surface area contributed by atoms with Crippen molar-refractivity contribution in [2.24, 2.45) is 5.73 Å². The van der Waals surface area contributed by atoms with Crippen LogP contribution in [0.4, 0.5) is 0 Å². The van der Waals surface area contributed by atoms with E-state index < -0.39 is 0 Å². The molecular weight excluding hydrogens is 272 g/mol. The molecule has 1 amide bonds. The Morgan fingerprint density at radius 2 is 1.95 bits per heavy atom. The zero-order chi connectivity index (χ0) is 13.2. The molecule has 0 spiro atoms. The van der Waals surface area contributed by atoms with Crippen LogP contribution in [0.25, 0.3) is 10.8 Å². The number of carbonyl (C=O) groups excluding carboxylic acids is 1. The molecular formula is C16H19ClN2O. The molecule has 0 saturated carbocycles. The van der Waals surface area contributed by atoms with E-state index in [1.807, 2.05) is 23.1 Å². The van der Waals surface area contributed by atoms with Gasteiger partial charge in [-0.2, -0.15) is 0 Å². The molecule has 106 valence electrons. The standard InChI is InChI=1S/C16H18N2O.ClH/c17-15-7-8-18(11-15)16(19)10-12-5-6-13-3-1-2-4-14(13)9-12;/h1-6,9,15H,7-8,10-11,17H2;1H/t15-;/m0./s1. The molecule has 1 aliphatic heterocycles. The number of carbonyl (C=O) groups is 1. The summed E-state index contributed by atoms with van der Waals surface area (Å²) in [6.45, 7) is 1.50. The predicted molar refractivity (Wildman–Crippen MR) is 84.1 cm³/mol. The number of fused-ring (bicyclic) bond motifs is 1. The summed E-state index contributed by atoms with van der Waals surface area (Å²) in [6.07, 6.45) is 1.39. The van der Waals surface area contributed by atoms with E-state index in [2.05, 4.69) is 24.3 Å². The molecule has 0 aliphatic carbocycles. The molecule has 2 aromatic rings. The van der Waals surface area contributed by atoms with Gasteiger partial charge in [0.2, 0.25) is 5.91 Å². The highest BCUT2D eigenvalue weighted by Gasteiger charge is 2.23. The van der Waals surface area contributed by atoms with E-state index in [0.717, 1.165) is 18.5 Å². The van der Waals surface area contributed by atoms with Crippen LogP contribution in [-0.4, -0.2) is 29.9 Å². The lowest BCUT2D eigenvalue weighted by molar-refractivity contribution is -0.129. The third-order valence-corrected chi connectivity index (χ3v) is 3.75. The predicted octanol–water partition coefficient (Wildman–Crippen LogP) is 2.36. The molecule has 2 aromatic carbocycles. The van der Waals surface area contributed by atoms with Crippen molar-refractivity contribution in [1.82, 2.24) is 4.90 Å². The number of hydrogen-bond donors (Lipinski definition) is 1. The molecule has 1 heterocycles. The Kier molecular flexibility index (Phi) is 4.63. The van der Waals surface area contributed by atoms with Crippen LogP contribution in [0, 0.1) is 0 Å². The van der Waals surface area contributed by atoms with Crippen LogP contribution >= 0.6 is 12.4 Å². The lowest BCUT2D eigenvalue weighted by Crippen LogP contribution is -2.32. The molecule has 3 nitrogen and oxygen atoms in total. The first-order valence-corrected chi connectivity index (χ1v) is 6.73. The lowest BCUT2D eigenvalue weighted by atomic mass is 10.0. The van der Waals surface area contributed by atoms with Crippen molar-refractivity contribution < 1.29 is 4.79 Å². The van der Waals surface area contributed by atoms with Gasteiger partial charge in [-0.15, -0.1) is 12.4 Å². The zero-order valence-electron chi connectivity index (χ0n) is 11.3. The number of halogens is 1. The van der Waals surface area contributed by atoms with Crippen molar-refractivity contribution in [3.8, 4) is 0 Å². The van der Waals surface area contributed by atoms with Crippen LogP contribution in [0.1, 0.15) is 12.0 Å².